The van der Waals surface area contributed by atoms with Gasteiger partial charge in [0.05, 0.1) is 31.3 Å². The summed E-state index contributed by atoms with van der Waals surface area (Å²) < 4.78 is 41.1. The van der Waals surface area contributed by atoms with Crippen LogP contribution in [0.25, 0.3) is 0 Å². The molecule has 0 radical (unpaired) electrons. The molecule has 2 aliphatic heterocycles. The molecule has 2 amide bonds. The lowest BCUT2D eigenvalue weighted by atomic mass is 9.68. The summed E-state index contributed by atoms with van der Waals surface area (Å²) in [4.78, 5) is 30.0. The van der Waals surface area contributed by atoms with Crippen molar-refractivity contribution < 1.29 is 28.0 Å². The predicted molar refractivity (Wildman–Crippen MR) is 197 cm³/mol. The number of aromatic nitrogens is 2. The van der Waals surface area contributed by atoms with Crippen LogP contribution in [0.3, 0.4) is 0 Å². The number of hydrogen-bond acceptors (Lipinski definition) is 8. The van der Waals surface area contributed by atoms with E-state index < -0.39 is 21.7 Å². The number of nitrogens with zero attached hydrogens (tertiary/aromatic N) is 4. The molecule has 2 bridgehead atoms. The molecular formula is C39H51N5O6S. The number of amides is 2. The standard InChI is InChI=1S/C39H51N5O6S/c1-25-11-15-32-27(18-25)9-7-17-39(32)23-44-20-29-12-14-30(29)34(48-4)10-6-8-26(2)22-51(47,42-37(46)31-21-43(3)40-38(31)49-5)41-36(45)28-13-16-35(50-24-39)33(44)19-28/h11,13,15-16,18-19,21,26,29-30,34H,6-10,12,14,17,20,22-24H2,1-5H3,(H,41,42,45,46,47)/t26-,29-,30+,34-,39-,51?/m0/s1. The summed E-state index contributed by atoms with van der Waals surface area (Å²) >= 11 is 0. The minimum absolute atomic E-state index is 0.0261. The Morgan fingerprint density at radius 1 is 1.10 bits per heavy atom. The smallest absolute Gasteiger partial charge is 0.286 e. The maximum atomic E-state index is 14.6. The third-order valence-corrected chi connectivity index (χ3v) is 13.6. The second-order valence-corrected chi connectivity index (χ2v) is 17.3. The van der Waals surface area contributed by atoms with Gasteiger partial charge in [0.2, 0.25) is 5.88 Å². The summed E-state index contributed by atoms with van der Waals surface area (Å²) in [5, 5.41) is 4.16. The second-order valence-electron chi connectivity index (χ2n) is 15.3. The molecule has 274 valence electrons. The number of hydrogen-bond donors (Lipinski definition) is 1. The molecule has 1 N–H and O–H groups in total. The van der Waals surface area contributed by atoms with E-state index in [1.54, 1.807) is 13.1 Å². The first kappa shape index (κ1) is 35.5. The van der Waals surface area contributed by atoms with Gasteiger partial charge in [0.15, 0.2) is 0 Å². The summed E-state index contributed by atoms with van der Waals surface area (Å²) in [5.74, 6) is 0.360. The van der Waals surface area contributed by atoms with Crippen LogP contribution in [0.1, 0.15) is 89.3 Å². The lowest BCUT2D eigenvalue weighted by Gasteiger charge is -2.46. The highest BCUT2D eigenvalue weighted by molar-refractivity contribution is 7.92. The summed E-state index contributed by atoms with van der Waals surface area (Å²) in [6, 6.07) is 12.2. The highest BCUT2D eigenvalue weighted by Gasteiger charge is 2.44. The van der Waals surface area contributed by atoms with E-state index in [2.05, 4.69) is 44.2 Å². The zero-order chi connectivity index (χ0) is 35.9. The van der Waals surface area contributed by atoms with E-state index in [0.29, 0.717) is 24.0 Å². The Morgan fingerprint density at radius 2 is 1.94 bits per heavy atom. The van der Waals surface area contributed by atoms with Crippen LogP contribution in [-0.2, 0) is 33.5 Å². The molecule has 0 saturated heterocycles. The molecule has 2 aliphatic carbocycles. The molecule has 1 spiro atoms. The average Bonchev–Trinajstić information content (AvgIpc) is 3.40. The van der Waals surface area contributed by atoms with Gasteiger partial charge in [0.1, 0.15) is 21.2 Å². The lowest BCUT2D eigenvalue weighted by Crippen LogP contribution is -2.49. The first-order valence-corrected chi connectivity index (χ1v) is 20.0. The predicted octanol–water partition coefficient (Wildman–Crippen LogP) is 6.02. The highest BCUT2D eigenvalue weighted by Crippen LogP contribution is 2.47. The molecule has 11 nitrogen and oxygen atoms in total. The van der Waals surface area contributed by atoms with Gasteiger partial charge in [-0.05, 0) is 98.9 Å². The maximum Gasteiger partial charge on any atom is 0.286 e. The molecule has 3 aromatic rings. The fourth-order valence-electron chi connectivity index (χ4n) is 8.91. The average molecular weight is 718 g/mol. The minimum atomic E-state index is -3.55. The fourth-order valence-corrected chi connectivity index (χ4v) is 10.8. The Kier molecular flexibility index (Phi) is 9.92. The number of benzene rings is 2. The van der Waals surface area contributed by atoms with Gasteiger partial charge >= 0.3 is 0 Å². The Labute approximate surface area is 301 Å². The van der Waals surface area contributed by atoms with Crippen molar-refractivity contribution in [3.63, 3.8) is 0 Å². The number of fused-ring (bicyclic) bond motifs is 4. The van der Waals surface area contributed by atoms with Crippen molar-refractivity contribution in [1.29, 1.82) is 0 Å². The van der Waals surface area contributed by atoms with E-state index >= 15 is 0 Å². The van der Waals surface area contributed by atoms with Crippen molar-refractivity contribution in [3.8, 4) is 11.6 Å². The minimum Gasteiger partial charge on any atom is -0.490 e. The van der Waals surface area contributed by atoms with Crippen molar-refractivity contribution in [2.24, 2.45) is 29.2 Å². The molecular weight excluding hydrogens is 667 g/mol. The molecule has 4 aliphatic rings. The molecule has 1 aromatic heterocycles. The summed E-state index contributed by atoms with van der Waals surface area (Å²) in [6.45, 7) is 6.29. The largest absolute Gasteiger partial charge is 0.490 e. The molecule has 1 unspecified atom stereocenters. The van der Waals surface area contributed by atoms with E-state index in [1.165, 1.54) is 34.7 Å². The van der Waals surface area contributed by atoms with Crippen LogP contribution in [0.15, 0.2) is 47.0 Å². The highest BCUT2D eigenvalue weighted by atomic mass is 32.2. The number of aryl methyl sites for hydroxylation is 3. The fraction of sp³-hybridized carbons (Fsp3) is 0.564. The Bertz CT molecular complexity index is 1930. The van der Waals surface area contributed by atoms with Crippen molar-refractivity contribution in [1.82, 2.24) is 14.5 Å². The van der Waals surface area contributed by atoms with Gasteiger partial charge in [-0.15, -0.1) is 9.46 Å². The third kappa shape index (κ3) is 7.13. The number of ether oxygens (including phenoxy) is 3. The zero-order valence-electron chi connectivity index (χ0n) is 30.5. The van der Waals surface area contributed by atoms with Crippen LogP contribution >= 0.6 is 0 Å². The molecule has 6 atom stereocenters. The lowest BCUT2D eigenvalue weighted by molar-refractivity contribution is -0.0223. The molecule has 51 heavy (non-hydrogen) atoms. The van der Waals surface area contributed by atoms with Gasteiger partial charge in [-0.25, -0.2) is 4.21 Å². The molecule has 12 heteroatoms. The third-order valence-electron chi connectivity index (χ3n) is 11.6. The van der Waals surface area contributed by atoms with Gasteiger partial charge in [-0.1, -0.05) is 37.1 Å². The van der Waals surface area contributed by atoms with Crippen LogP contribution in [0.5, 0.6) is 11.6 Å². The molecule has 3 heterocycles. The zero-order valence-corrected chi connectivity index (χ0v) is 31.3. The van der Waals surface area contributed by atoms with Crippen LogP contribution in [-0.4, -0.2) is 71.6 Å². The van der Waals surface area contributed by atoms with Crippen LogP contribution in [0.4, 0.5) is 5.69 Å². The van der Waals surface area contributed by atoms with E-state index in [9.17, 15) is 13.8 Å². The summed E-state index contributed by atoms with van der Waals surface area (Å²) in [7, 11) is 1.36. The van der Waals surface area contributed by atoms with Crippen molar-refractivity contribution in [2.45, 2.75) is 76.7 Å². The monoisotopic (exact) mass is 717 g/mol. The van der Waals surface area contributed by atoms with Gasteiger partial charge in [-0.2, -0.15) is 0 Å². The van der Waals surface area contributed by atoms with Crippen LogP contribution < -0.4 is 19.1 Å². The van der Waals surface area contributed by atoms with Crippen molar-refractivity contribution in [3.05, 3.63) is 70.4 Å². The number of anilines is 1. The molecule has 2 aromatic carbocycles. The molecule has 7 rings (SSSR count). The maximum absolute atomic E-state index is 14.6. The number of methoxy groups -OCH3 is 2. The number of nitrogens with one attached hydrogen (secondary N) is 1. The molecule has 1 saturated carbocycles. The SMILES string of the molecule is COc1nn(C)cc1C(=O)NS1(=O)=NC(=O)c2ccc3c(c2)N(C[C@@H]2CC[C@H]2[C@@H](OC)CCC[C@H](C)C1)C[C@@]1(CCCc2cc(C)ccc21)CO3. The second kappa shape index (κ2) is 14.3. The van der Waals surface area contributed by atoms with Crippen LogP contribution in [0, 0.1) is 24.7 Å². The quantitative estimate of drug-likeness (QED) is 0.348. The Hall–Kier alpha value is -3.90. The van der Waals surface area contributed by atoms with Crippen LogP contribution in [0.2, 0.25) is 0 Å². The summed E-state index contributed by atoms with van der Waals surface area (Å²) in [5.41, 5.74) is 5.11. The topological polar surface area (TPSA) is 124 Å². The molecule has 1 fully saturated rings. The number of rotatable bonds is 4. The van der Waals surface area contributed by atoms with E-state index in [4.69, 9.17) is 14.2 Å². The van der Waals surface area contributed by atoms with Crippen molar-refractivity contribution >= 4 is 27.4 Å². The normalized spacial score (nSPS) is 29.4. The van der Waals surface area contributed by atoms with Gasteiger partial charge in [0.25, 0.3) is 11.8 Å². The first-order chi connectivity index (χ1) is 24.5. The first-order valence-electron chi connectivity index (χ1n) is 18.3. The number of carbonyl (C=O) groups excluding carboxylic acids is 2. The van der Waals surface area contributed by atoms with Gasteiger partial charge < -0.3 is 19.1 Å². The van der Waals surface area contributed by atoms with E-state index in [0.717, 1.165) is 75.9 Å². The van der Waals surface area contributed by atoms with Crippen molar-refractivity contribution in [2.75, 3.05) is 44.6 Å². The Balaban J connectivity index is 1.29. The van der Waals surface area contributed by atoms with Gasteiger partial charge in [0, 0.05) is 44.4 Å². The van der Waals surface area contributed by atoms with E-state index in [1.807, 2.05) is 26.2 Å². The van der Waals surface area contributed by atoms with Gasteiger partial charge in [-0.3, -0.25) is 19.0 Å². The Morgan fingerprint density at radius 3 is 2.71 bits per heavy atom. The number of carbonyl (C=O) groups is 2. The van der Waals surface area contributed by atoms with E-state index in [-0.39, 0.29) is 34.6 Å². The summed E-state index contributed by atoms with van der Waals surface area (Å²) in [6.07, 6.45) is 9.57.